The van der Waals surface area contributed by atoms with E-state index in [2.05, 4.69) is 21.2 Å². The van der Waals surface area contributed by atoms with E-state index < -0.39 is 22.8 Å². The number of nitro groups is 1. The summed E-state index contributed by atoms with van der Waals surface area (Å²) in [6.07, 6.45) is 1.30. The molecule has 35 heavy (non-hydrogen) atoms. The first kappa shape index (κ1) is 23.8. The Morgan fingerprint density at radius 1 is 1.06 bits per heavy atom. The fourth-order valence-electron chi connectivity index (χ4n) is 3.28. The van der Waals surface area contributed by atoms with Crippen molar-refractivity contribution in [3.63, 3.8) is 0 Å². The van der Waals surface area contributed by atoms with Crippen LogP contribution in [0.15, 0.2) is 76.8 Å². The van der Waals surface area contributed by atoms with Crippen LogP contribution in [0, 0.1) is 15.9 Å². The summed E-state index contributed by atoms with van der Waals surface area (Å²) in [5, 5.41) is 12.9. The molecule has 1 saturated heterocycles. The van der Waals surface area contributed by atoms with Gasteiger partial charge in [0.15, 0.2) is 0 Å². The zero-order chi connectivity index (χ0) is 25.1. The van der Waals surface area contributed by atoms with E-state index >= 15 is 0 Å². The van der Waals surface area contributed by atoms with Gasteiger partial charge in [-0.2, -0.15) is 0 Å². The average Bonchev–Trinajstić information content (AvgIpc) is 2.82. The van der Waals surface area contributed by atoms with Crippen LogP contribution in [0.3, 0.4) is 0 Å². The van der Waals surface area contributed by atoms with E-state index in [0.29, 0.717) is 21.3 Å². The zero-order valence-corrected chi connectivity index (χ0v) is 19.3. The molecule has 11 heteroatoms. The molecule has 4 amide bonds. The minimum atomic E-state index is -0.968. The van der Waals surface area contributed by atoms with Gasteiger partial charge < -0.3 is 4.74 Å². The van der Waals surface area contributed by atoms with Gasteiger partial charge in [-0.05, 0) is 57.9 Å². The van der Waals surface area contributed by atoms with Crippen molar-refractivity contribution in [2.45, 2.75) is 6.61 Å². The molecule has 1 aliphatic rings. The highest BCUT2D eigenvalue weighted by Crippen LogP contribution is 2.29. The van der Waals surface area contributed by atoms with Gasteiger partial charge in [-0.15, -0.1) is 0 Å². The lowest BCUT2D eigenvalue weighted by Crippen LogP contribution is -2.54. The first-order valence-electron chi connectivity index (χ1n) is 10.1. The Kier molecular flexibility index (Phi) is 6.69. The minimum Gasteiger partial charge on any atom is -0.488 e. The van der Waals surface area contributed by atoms with Crippen LogP contribution in [0.4, 0.5) is 20.6 Å². The predicted octanol–water partition coefficient (Wildman–Crippen LogP) is 4.74. The maximum atomic E-state index is 13.8. The molecule has 0 atom stereocenters. The number of nitro benzene ring substituents is 1. The number of amides is 4. The van der Waals surface area contributed by atoms with Crippen molar-refractivity contribution in [1.82, 2.24) is 5.32 Å². The summed E-state index contributed by atoms with van der Waals surface area (Å²) in [4.78, 5) is 48.6. The topological polar surface area (TPSA) is 119 Å². The van der Waals surface area contributed by atoms with Crippen molar-refractivity contribution in [3.8, 4) is 5.75 Å². The Morgan fingerprint density at radius 2 is 1.77 bits per heavy atom. The van der Waals surface area contributed by atoms with Gasteiger partial charge in [-0.3, -0.25) is 25.0 Å². The summed E-state index contributed by atoms with van der Waals surface area (Å²) in [6, 6.07) is 14.8. The van der Waals surface area contributed by atoms with Crippen molar-refractivity contribution in [2.24, 2.45) is 0 Å². The molecule has 0 saturated carbocycles. The van der Waals surface area contributed by atoms with Crippen LogP contribution in [-0.4, -0.2) is 22.8 Å². The van der Waals surface area contributed by atoms with Gasteiger partial charge in [0.1, 0.15) is 23.7 Å². The van der Waals surface area contributed by atoms with Crippen molar-refractivity contribution < 1.29 is 28.4 Å². The predicted molar refractivity (Wildman–Crippen MR) is 127 cm³/mol. The average molecular weight is 540 g/mol. The van der Waals surface area contributed by atoms with Gasteiger partial charge >= 0.3 is 6.03 Å². The Morgan fingerprint density at radius 3 is 2.43 bits per heavy atom. The minimum absolute atomic E-state index is 0.00108. The molecular weight excluding hydrogens is 525 g/mol. The van der Waals surface area contributed by atoms with Crippen LogP contribution >= 0.6 is 15.9 Å². The Labute approximate surface area is 206 Å². The summed E-state index contributed by atoms with van der Waals surface area (Å²) in [7, 11) is 0. The van der Waals surface area contributed by atoms with Gasteiger partial charge in [0.2, 0.25) is 0 Å². The summed E-state index contributed by atoms with van der Waals surface area (Å²) >= 11 is 3.36. The van der Waals surface area contributed by atoms with Crippen molar-refractivity contribution in [1.29, 1.82) is 0 Å². The normalized spacial score (nSPS) is 14.7. The molecular formula is C24H15BrFN3O6. The molecule has 1 fully saturated rings. The lowest BCUT2D eigenvalue weighted by molar-refractivity contribution is -0.384. The van der Waals surface area contributed by atoms with E-state index in [1.807, 2.05) is 0 Å². The van der Waals surface area contributed by atoms with E-state index in [1.165, 1.54) is 24.3 Å². The van der Waals surface area contributed by atoms with E-state index in [9.17, 15) is 28.9 Å². The molecule has 1 heterocycles. The van der Waals surface area contributed by atoms with E-state index in [4.69, 9.17) is 4.74 Å². The molecule has 3 aromatic rings. The number of benzene rings is 3. The number of anilines is 1. The number of urea groups is 1. The van der Waals surface area contributed by atoms with E-state index in [0.717, 1.165) is 17.0 Å². The molecule has 0 bridgehead atoms. The highest BCUT2D eigenvalue weighted by atomic mass is 79.9. The lowest BCUT2D eigenvalue weighted by Gasteiger charge is -2.26. The third-order valence-electron chi connectivity index (χ3n) is 5.03. The summed E-state index contributed by atoms with van der Waals surface area (Å²) < 4.78 is 19.9. The first-order valence-corrected chi connectivity index (χ1v) is 10.9. The molecule has 3 aromatic carbocycles. The molecule has 176 valence electrons. The molecule has 0 aromatic heterocycles. The second-order valence-corrected chi connectivity index (χ2v) is 8.16. The summed E-state index contributed by atoms with van der Waals surface area (Å²) in [5.41, 5.74) is 0.370. The van der Waals surface area contributed by atoms with Gasteiger partial charge in [0, 0.05) is 17.7 Å². The number of barbiturate groups is 1. The molecule has 4 rings (SSSR count). The van der Waals surface area contributed by atoms with Crippen LogP contribution < -0.4 is 15.0 Å². The number of carbonyl (C=O) groups excluding carboxylic acids is 3. The van der Waals surface area contributed by atoms with Crippen LogP contribution in [0.5, 0.6) is 5.75 Å². The standard InChI is InChI=1S/C24H15BrFN3O6/c25-19-12-14(5-10-21(19)35-13-15-3-1-2-4-20(15)26)11-18-22(30)27-24(32)28(23(18)31)16-6-8-17(9-7-16)29(33)34/h1-12H,13H2,(H,27,30,32)/b18-11+. The number of halogens is 2. The highest BCUT2D eigenvalue weighted by Gasteiger charge is 2.37. The number of ether oxygens (including phenoxy) is 1. The Hall–Kier alpha value is -4.38. The third-order valence-corrected chi connectivity index (χ3v) is 5.65. The molecule has 1 N–H and O–H groups in total. The summed E-state index contributed by atoms with van der Waals surface area (Å²) in [5.74, 6) is -1.74. The highest BCUT2D eigenvalue weighted by molar-refractivity contribution is 9.10. The monoisotopic (exact) mass is 539 g/mol. The lowest BCUT2D eigenvalue weighted by atomic mass is 10.1. The third kappa shape index (κ3) is 5.09. The number of nitrogens with zero attached hydrogens (tertiary/aromatic N) is 2. The molecule has 0 unspecified atom stereocenters. The van der Waals surface area contributed by atoms with Crippen molar-refractivity contribution >= 4 is 51.2 Å². The molecule has 0 radical (unpaired) electrons. The number of hydrogen-bond donors (Lipinski definition) is 1. The van der Waals surface area contributed by atoms with Gasteiger partial charge in [-0.1, -0.05) is 24.3 Å². The fraction of sp³-hybridized carbons (Fsp3) is 0.0417. The van der Waals surface area contributed by atoms with Crippen molar-refractivity contribution in [2.75, 3.05) is 4.90 Å². The van der Waals surface area contributed by atoms with Crippen molar-refractivity contribution in [3.05, 3.63) is 104 Å². The van der Waals surface area contributed by atoms with E-state index in [-0.39, 0.29) is 29.4 Å². The second kappa shape index (κ2) is 9.85. The Bertz CT molecular complexity index is 1390. The Balaban J connectivity index is 1.56. The van der Waals surface area contributed by atoms with Gasteiger partial charge in [0.25, 0.3) is 17.5 Å². The molecule has 1 aliphatic heterocycles. The second-order valence-electron chi connectivity index (χ2n) is 7.30. The van der Waals surface area contributed by atoms with Crippen LogP contribution in [0.2, 0.25) is 0 Å². The number of imide groups is 2. The number of hydrogen-bond acceptors (Lipinski definition) is 6. The fourth-order valence-corrected chi connectivity index (χ4v) is 3.79. The number of rotatable bonds is 6. The van der Waals surface area contributed by atoms with Crippen LogP contribution in [-0.2, 0) is 16.2 Å². The zero-order valence-electron chi connectivity index (χ0n) is 17.7. The summed E-state index contributed by atoms with van der Waals surface area (Å²) in [6.45, 7) is -0.00108. The molecule has 0 aliphatic carbocycles. The maximum Gasteiger partial charge on any atom is 0.335 e. The SMILES string of the molecule is O=C1NC(=O)N(c2ccc([N+](=O)[O-])cc2)C(=O)/C1=C/c1ccc(OCc2ccccc2F)c(Br)c1. The number of carbonyl (C=O) groups is 3. The van der Waals surface area contributed by atoms with E-state index in [1.54, 1.807) is 36.4 Å². The quantitative estimate of drug-likeness (QED) is 0.209. The maximum absolute atomic E-state index is 13.8. The first-order chi connectivity index (χ1) is 16.7. The van der Waals surface area contributed by atoms with Gasteiger partial charge in [-0.25, -0.2) is 14.1 Å². The number of non-ortho nitro benzene ring substituents is 1. The van der Waals surface area contributed by atoms with Crippen LogP contribution in [0.1, 0.15) is 11.1 Å². The largest absolute Gasteiger partial charge is 0.488 e. The number of nitrogens with one attached hydrogen (secondary N) is 1. The molecule has 9 nitrogen and oxygen atoms in total. The smallest absolute Gasteiger partial charge is 0.335 e. The van der Waals surface area contributed by atoms with Crippen LogP contribution in [0.25, 0.3) is 6.08 Å². The van der Waals surface area contributed by atoms with Gasteiger partial charge in [0.05, 0.1) is 15.1 Å². The molecule has 0 spiro atoms.